The number of benzene rings is 1. The molecule has 2 rings (SSSR count). The summed E-state index contributed by atoms with van der Waals surface area (Å²) in [6.45, 7) is 2.03. The van der Waals surface area contributed by atoms with Crippen LogP contribution in [0.4, 0.5) is 0 Å². The molecule has 0 saturated heterocycles. The van der Waals surface area contributed by atoms with Gasteiger partial charge in [-0.3, -0.25) is 14.6 Å². The maximum absolute atomic E-state index is 11.7. The Balaban J connectivity index is 1.85. The molecular weight excluding hydrogens is 280 g/mol. The molecule has 0 aliphatic carbocycles. The molecule has 0 atom stereocenters. The minimum atomic E-state index is -0.802. The Labute approximate surface area is 128 Å². The third-order valence-corrected chi connectivity index (χ3v) is 2.93. The number of amides is 2. The van der Waals surface area contributed by atoms with Crippen LogP contribution in [0.5, 0.6) is 0 Å². The summed E-state index contributed by atoms with van der Waals surface area (Å²) in [5, 5.41) is 6.43. The summed E-state index contributed by atoms with van der Waals surface area (Å²) in [6.07, 6.45) is 3.26. The van der Waals surface area contributed by atoms with Crippen molar-refractivity contribution < 1.29 is 9.59 Å². The van der Waals surface area contributed by atoms with E-state index >= 15 is 0 Å². The molecule has 0 aliphatic heterocycles. The van der Waals surface area contributed by atoms with E-state index in [-0.39, 0.29) is 0 Å². The lowest BCUT2D eigenvalue weighted by molar-refractivity contribution is -0.139. The molecule has 1 heterocycles. The second-order valence-corrected chi connectivity index (χ2v) is 4.54. The first-order valence-corrected chi connectivity index (χ1v) is 6.73. The maximum Gasteiger partial charge on any atom is 0.329 e. The van der Waals surface area contributed by atoms with E-state index in [0.717, 1.165) is 11.1 Å². The molecule has 22 heavy (non-hydrogen) atoms. The molecule has 2 N–H and O–H groups in total. The minimum Gasteiger partial charge on any atom is -0.344 e. The average molecular weight is 296 g/mol. The van der Waals surface area contributed by atoms with Gasteiger partial charge >= 0.3 is 11.8 Å². The summed E-state index contributed by atoms with van der Waals surface area (Å²) in [7, 11) is 0. The predicted molar refractivity (Wildman–Crippen MR) is 82.9 cm³/mol. The molecule has 1 aromatic heterocycles. The number of pyridine rings is 1. The summed E-state index contributed by atoms with van der Waals surface area (Å²) in [5.41, 5.74) is 4.56. The normalized spacial score (nSPS) is 10.9. The molecule has 0 saturated carbocycles. The number of nitrogens with one attached hydrogen (secondary N) is 2. The summed E-state index contributed by atoms with van der Waals surface area (Å²) >= 11 is 0. The molecule has 2 aromatic rings. The zero-order valence-electron chi connectivity index (χ0n) is 12.1. The van der Waals surface area contributed by atoms with Crippen LogP contribution in [0.1, 0.15) is 18.1 Å². The molecule has 0 unspecified atom stereocenters. The van der Waals surface area contributed by atoms with Crippen LogP contribution in [0.15, 0.2) is 60.0 Å². The first kappa shape index (κ1) is 15.4. The Kier molecular flexibility index (Phi) is 5.37. The first-order valence-electron chi connectivity index (χ1n) is 6.73. The van der Waals surface area contributed by atoms with Gasteiger partial charge in [-0.05, 0) is 24.6 Å². The van der Waals surface area contributed by atoms with Gasteiger partial charge in [0.25, 0.3) is 0 Å². The molecule has 6 nitrogen and oxygen atoms in total. The fraction of sp³-hybridized carbons (Fsp3) is 0.125. The topological polar surface area (TPSA) is 83.5 Å². The summed E-state index contributed by atoms with van der Waals surface area (Å²) in [5.74, 6) is -1.53. The van der Waals surface area contributed by atoms with Crippen LogP contribution in [0, 0.1) is 0 Å². The number of hydrogen-bond acceptors (Lipinski definition) is 4. The molecule has 0 radical (unpaired) electrons. The van der Waals surface area contributed by atoms with E-state index in [1.807, 2.05) is 30.3 Å². The molecule has 0 spiro atoms. The standard InChI is InChI=1S/C16H16N4O2/c1-12(14-7-9-17-10-8-14)19-20-16(22)15(21)18-11-13-5-3-2-4-6-13/h2-10H,11H2,1H3,(H,18,21)(H,20,22)/b19-12+. The summed E-state index contributed by atoms with van der Waals surface area (Å²) in [6, 6.07) is 12.9. The number of hydrogen-bond donors (Lipinski definition) is 2. The van der Waals surface area contributed by atoms with Gasteiger partial charge in [0.15, 0.2) is 0 Å². The van der Waals surface area contributed by atoms with Crippen LogP contribution >= 0.6 is 0 Å². The van der Waals surface area contributed by atoms with Crippen molar-refractivity contribution >= 4 is 17.5 Å². The highest BCUT2D eigenvalue weighted by Crippen LogP contribution is 1.98. The summed E-state index contributed by atoms with van der Waals surface area (Å²) < 4.78 is 0. The number of nitrogens with zero attached hydrogens (tertiary/aromatic N) is 2. The van der Waals surface area contributed by atoms with Gasteiger partial charge in [0.2, 0.25) is 0 Å². The highest BCUT2D eigenvalue weighted by atomic mass is 16.2. The van der Waals surface area contributed by atoms with Crippen molar-refractivity contribution in [2.75, 3.05) is 0 Å². The van der Waals surface area contributed by atoms with Gasteiger partial charge in [-0.25, -0.2) is 5.43 Å². The van der Waals surface area contributed by atoms with E-state index in [4.69, 9.17) is 0 Å². The van der Waals surface area contributed by atoms with Gasteiger partial charge in [-0.2, -0.15) is 5.10 Å². The van der Waals surface area contributed by atoms with Crippen molar-refractivity contribution in [3.8, 4) is 0 Å². The molecular formula is C16H16N4O2. The van der Waals surface area contributed by atoms with E-state index in [2.05, 4.69) is 20.8 Å². The van der Waals surface area contributed by atoms with Gasteiger partial charge in [-0.15, -0.1) is 0 Å². The summed E-state index contributed by atoms with van der Waals surface area (Å²) in [4.78, 5) is 27.2. The molecule has 2 amide bonds. The van der Waals surface area contributed by atoms with Crippen LogP contribution in [0.3, 0.4) is 0 Å². The second-order valence-electron chi connectivity index (χ2n) is 4.54. The number of rotatable bonds is 4. The Hall–Kier alpha value is -3.02. The Morgan fingerprint density at radius 3 is 2.41 bits per heavy atom. The molecule has 0 aliphatic rings. The molecule has 6 heteroatoms. The monoisotopic (exact) mass is 296 g/mol. The van der Waals surface area contributed by atoms with Gasteiger partial charge in [-0.1, -0.05) is 30.3 Å². The lowest BCUT2D eigenvalue weighted by atomic mass is 10.2. The minimum absolute atomic E-state index is 0.292. The Morgan fingerprint density at radius 2 is 1.73 bits per heavy atom. The Bertz CT molecular complexity index is 669. The van der Waals surface area contributed by atoms with Crippen LogP contribution < -0.4 is 10.7 Å². The lowest BCUT2D eigenvalue weighted by Crippen LogP contribution is -2.37. The number of carbonyl (C=O) groups is 2. The van der Waals surface area contributed by atoms with Gasteiger partial charge < -0.3 is 5.32 Å². The van der Waals surface area contributed by atoms with E-state index in [9.17, 15) is 9.59 Å². The first-order chi connectivity index (χ1) is 10.7. The quantitative estimate of drug-likeness (QED) is 0.506. The second kappa shape index (κ2) is 7.68. The number of hydrazone groups is 1. The fourth-order valence-electron chi connectivity index (χ4n) is 1.70. The van der Waals surface area contributed by atoms with Gasteiger partial charge in [0.1, 0.15) is 0 Å². The lowest BCUT2D eigenvalue weighted by Gasteiger charge is -2.05. The van der Waals surface area contributed by atoms with E-state index < -0.39 is 11.8 Å². The average Bonchev–Trinajstić information content (AvgIpc) is 2.58. The van der Waals surface area contributed by atoms with Crippen molar-refractivity contribution in [2.24, 2.45) is 5.10 Å². The third kappa shape index (κ3) is 4.52. The molecule has 1 aromatic carbocycles. The van der Waals surface area contributed by atoms with Crippen molar-refractivity contribution in [3.05, 3.63) is 66.0 Å². The zero-order chi connectivity index (χ0) is 15.8. The third-order valence-electron chi connectivity index (χ3n) is 2.93. The van der Waals surface area contributed by atoms with Crippen molar-refractivity contribution in [3.63, 3.8) is 0 Å². The maximum atomic E-state index is 11.7. The van der Waals surface area contributed by atoms with E-state index in [1.165, 1.54) is 0 Å². The van der Waals surface area contributed by atoms with Crippen molar-refractivity contribution in [2.45, 2.75) is 13.5 Å². The highest BCUT2D eigenvalue weighted by molar-refractivity contribution is 6.35. The SMILES string of the molecule is C/C(=N\NC(=O)C(=O)NCc1ccccc1)c1ccncc1. The fourth-order valence-corrected chi connectivity index (χ4v) is 1.70. The van der Waals surface area contributed by atoms with E-state index in [1.54, 1.807) is 31.5 Å². The van der Waals surface area contributed by atoms with Crippen LogP contribution in [-0.2, 0) is 16.1 Å². The highest BCUT2D eigenvalue weighted by Gasteiger charge is 2.12. The van der Waals surface area contributed by atoms with Gasteiger partial charge in [0.05, 0.1) is 5.71 Å². The number of carbonyl (C=O) groups excluding carboxylic acids is 2. The smallest absolute Gasteiger partial charge is 0.329 e. The van der Waals surface area contributed by atoms with Crippen LogP contribution in [0.2, 0.25) is 0 Å². The van der Waals surface area contributed by atoms with Crippen molar-refractivity contribution in [1.29, 1.82) is 0 Å². The molecule has 0 fully saturated rings. The van der Waals surface area contributed by atoms with Crippen LogP contribution in [0.25, 0.3) is 0 Å². The van der Waals surface area contributed by atoms with Gasteiger partial charge in [0, 0.05) is 24.5 Å². The molecule has 112 valence electrons. The largest absolute Gasteiger partial charge is 0.344 e. The van der Waals surface area contributed by atoms with Crippen LogP contribution in [-0.4, -0.2) is 22.5 Å². The molecule has 0 bridgehead atoms. The van der Waals surface area contributed by atoms with Crippen molar-refractivity contribution in [1.82, 2.24) is 15.7 Å². The zero-order valence-corrected chi connectivity index (χ0v) is 12.1. The number of aromatic nitrogens is 1. The Morgan fingerprint density at radius 1 is 1.05 bits per heavy atom. The van der Waals surface area contributed by atoms with E-state index in [0.29, 0.717) is 12.3 Å². The predicted octanol–water partition coefficient (Wildman–Crippen LogP) is 1.24.